The number of hydrogen-bond donors (Lipinski definition) is 1. The van der Waals surface area contributed by atoms with Crippen LogP contribution in [-0.4, -0.2) is 21.4 Å². The Bertz CT molecular complexity index is 659. The molecule has 0 aliphatic rings. The Hall–Kier alpha value is -2.02. The minimum absolute atomic E-state index is 0.0527. The van der Waals surface area contributed by atoms with Crippen LogP contribution in [0.5, 0.6) is 0 Å². The van der Waals surface area contributed by atoms with Gasteiger partial charge in [-0.3, -0.25) is 10.1 Å². The molecule has 1 N–H and O–H groups in total. The molecule has 2 aromatic rings. The number of non-ortho nitro benzene ring substituents is 1. The van der Waals surface area contributed by atoms with Crippen LogP contribution >= 0.6 is 15.9 Å². The van der Waals surface area contributed by atoms with Gasteiger partial charge in [0.05, 0.1) is 15.1 Å². The third-order valence-corrected chi connectivity index (χ3v) is 3.85. The maximum absolute atomic E-state index is 10.7. The number of nitrogens with zero attached hydrogens (tertiary/aromatic N) is 3. The fraction of sp³-hybridized carbons (Fsp3) is 0.286. The van der Waals surface area contributed by atoms with Crippen LogP contribution in [0.4, 0.5) is 11.5 Å². The molecule has 0 radical (unpaired) electrons. The first-order valence-electron chi connectivity index (χ1n) is 6.55. The summed E-state index contributed by atoms with van der Waals surface area (Å²) in [6.45, 7) is 4.78. The van der Waals surface area contributed by atoms with E-state index in [1.807, 2.05) is 6.92 Å². The molecule has 21 heavy (non-hydrogen) atoms. The lowest BCUT2D eigenvalue weighted by Crippen LogP contribution is -2.06. The van der Waals surface area contributed by atoms with Gasteiger partial charge in [0.1, 0.15) is 5.82 Å². The van der Waals surface area contributed by atoms with Crippen LogP contribution in [0.3, 0.4) is 0 Å². The van der Waals surface area contributed by atoms with Gasteiger partial charge in [0.25, 0.3) is 5.69 Å². The molecular formula is C14H15BrN4O2. The Morgan fingerprint density at radius 3 is 2.52 bits per heavy atom. The lowest BCUT2D eigenvalue weighted by molar-refractivity contribution is -0.384. The third-order valence-electron chi connectivity index (χ3n) is 2.90. The summed E-state index contributed by atoms with van der Waals surface area (Å²) in [7, 11) is 0. The van der Waals surface area contributed by atoms with E-state index in [4.69, 9.17) is 0 Å². The van der Waals surface area contributed by atoms with Gasteiger partial charge < -0.3 is 5.32 Å². The van der Waals surface area contributed by atoms with E-state index in [1.165, 1.54) is 12.1 Å². The number of aryl methyl sites for hydroxylation is 1. The van der Waals surface area contributed by atoms with Crippen molar-refractivity contribution in [3.05, 3.63) is 44.5 Å². The minimum Gasteiger partial charge on any atom is -0.369 e. The van der Waals surface area contributed by atoms with Gasteiger partial charge in [-0.1, -0.05) is 6.92 Å². The summed E-state index contributed by atoms with van der Waals surface area (Å²) in [6, 6.07) is 6.22. The van der Waals surface area contributed by atoms with Gasteiger partial charge in [0, 0.05) is 24.2 Å². The molecule has 0 aliphatic carbocycles. The molecule has 7 heteroatoms. The highest BCUT2D eigenvalue weighted by molar-refractivity contribution is 9.10. The topological polar surface area (TPSA) is 81.0 Å². The van der Waals surface area contributed by atoms with Gasteiger partial charge in [-0.2, -0.15) is 0 Å². The number of hydrogen-bond acceptors (Lipinski definition) is 5. The number of benzene rings is 1. The number of aromatic nitrogens is 2. The number of nitrogens with one attached hydrogen (secondary N) is 1. The molecule has 0 spiro atoms. The van der Waals surface area contributed by atoms with Crippen molar-refractivity contribution in [1.29, 1.82) is 0 Å². The maximum Gasteiger partial charge on any atom is 0.269 e. The van der Waals surface area contributed by atoms with E-state index < -0.39 is 4.92 Å². The molecule has 1 heterocycles. The van der Waals surface area contributed by atoms with Crippen molar-refractivity contribution < 1.29 is 4.92 Å². The Labute approximate surface area is 130 Å². The largest absolute Gasteiger partial charge is 0.369 e. The summed E-state index contributed by atoms with van der Waals surface area (Å²) in [6.07, 6.45) is 0.988. The van der Waals surface area contributed by atoms with E-state index in [1.54, 1.807) is 12.1 Å². The molecule has 0 saturated heterocycles. The molecule has 0 fully saturated rings. The average molecular weight is 351 g/mol. The molecule has 0 atom stereocenters. The molecular weight excluding hydrogens is 336 g/mol. The standard InChI is InChI=1S/C14H15BrN4O2/c1-3-8-16-14-12(15)9(2)17-13(18-14)10-4-6-11(7-5-10)19(20)21/h4-7H,3,8H2,1-2H3,(H,16,17,18). The zero-order valence-corrected chi connectivity index (χ0v) is 13.3. The van der Waals surface area contributed by atoms with Crippen molar-refractivity contribution in [3.63, 3.8) is 0 Å². The predicted molar refractivity (Wildman–Crippen MR) is 85.3 cm³/mol. The number of nitro benzene ring substituents is 1. The Morgan fingerprint density at radius 1 is 1.29 bits per heavy atom. The smallest absolute Gasteiger partial charge is 0.269 e. The third kappa shape index (κ3) is 3.55. The van der Waals surface area contributed by atoms with Crippen molar-refractivity contribution in [2.24, 2.45) is 0 Å². The van der Waals surface area contributed by atoms with Crippen molar-refractivity contribution >= 4 is 27.4 Å². The first kappa shape index (κ1) is 15.4. The van der Waals surface area contributed by atoms with Crippen molar-refractivity contribution in [2.75, 3.05) is 11.9 Å². The van der Waals surface area contributed by atoms with Crippen molar-refractivity contribution in [3.8, 4) is 11.4 Å². The van der Waals surface area contributed by atoms with E-state index in [0.29, 0.717) is 5.82 Å². The monoisotopic (exact) mass is 350 g/mol. The normalized spacial score (nSPS) is 10.4. The molecule has 0 bridgehead atoms. The number of nitro groups is 1. The molecule has 2 rings (SSSR count). The highest BCUT2D eigenvalue weighted by Gasteiger charge is 2.12. The summed E-state index contributed by atoms with van der Waals surface area (Å²) in [5, 5.41) is 13.9. The fourth-order valence-electron chi connectivity index (χ4n) is 1.78. The molecule has 110 valence electrons. The highest BCUT2D eigenvalue weighted by Crippen LogP contribution is 2.27. The van der Waals surface area contributed by atoms with E-state index in [0.717, 1.165) is 34.5 Å². The zero-order valence-electron chi connectivity index (χ0n) is 11.8. The fourth-order valence-corrected chi connectivity index (χ4v) is 2.10. The highest BCUT2D eigenvalue weighted by atomic mass is 79.9. The van der Waals surface area contributed by atoms with E-state index in [-0.39, 0.29) is 5.69 Å². The van der Waals surface area contributed by atoms with E-state index in [9.17, 15) is 10.1 Å². The van der Waals surface area contributed by atoms with Crippen LogP contribution < -0.4 is 5.32 Å². The van der Waals surface area contributed by atoms with Gasteiger partial charge >= 0.3 is 0 Å². The number of halogens is 1. The van der Waals surface area contributed by atoms with Crippen LogP contribution in [0.2, 0.25) is 0 Å². The first-order chi connectivity index (χ1) is 10.0. The quantitative estimate of drug-likeness (QED) is 0.652. The molecule has 0 saturated carbocycles. The molecule has 1 aromatic carbocycles. The molecule has 1 aromatic heterocycles. The van der Waals surface area contributed by atoms with Gasteiger partial charge in [0.2, 0.25) is 0 Å². The molecule has 0 aliphatic heterocycles. The van der Waals surface area contributed by atoms with E-state index >= 15 is 0 Å². The summed E-state index contributed by atoms with van der Waals surface area (Å²) in [4.78, 5) is 19.1. The van der Waals surface area contributed by atoms with Crippen molar-refractivity contribution in [2.45, 2.75) is 20.3 Å². The second-order valence-electron chi connectivity index (χ2n) is 4.53. The van der Waals surface area contributed by atoms with Crippen molar-refractivity contribution in [1.82, 2.24) is 9.97 Å². The van der Waals surface area contributed by atoms with Gasteiger partial charge in [-0.05, 0) is 41.4 Å². The molecule has 0 unspecified atom stereocenters. The number of rotatable bonds is 5. The van der Waals surface area contributed by atoms with E-state index in [2.05, 4.69) is 38.1 Å². The summed E-state index contributed by atoms with van der Waals surface area (Å²) in [5.74, 6) is 1.28. The summed E-state index contributed by atoms with van der Waals surface area (Å²) < 4.78 is 0.835. The molecule has 0 amide bonds. The summed E-state index contributed by atoms with van der Waals surface area (Å²) >= 11 is 3.47. The predicted octanol–water partition coefficient (Wildman–Crippen LogP) is 3.94. The number of anilines is 1. The van der Waals surface area contributed by atoms with Crippen LogP contribution in [-0.2, 0) is 0 Å². The van der Waals surface area contributed by atoms with Gasteiger partial charge in [-0.25, -0.2) is 9.97 Å². The van der Waals surface area contributed by atoms with Crippen LogP contribution in [0.15, 0.2) is 28.7 Å². The minimum atomic E-state index is -0.425. The van der Waals surface area contributed by atoms with Crippen LogP contribution in [0.25, 0.3) is 11.4 Å². The van der Waals surface area contributed by atoms with Gasteiger partial charge in [-0.15, -0.1) is 0 Å². The average Bonchev–Trinajstić information content (AvgIpc) is 2.48. The first-order valence-corrected chi connectivity index (χ1v) is 7.35. The lowest BCUT2D eigenvalue weighted by atomic mass is 10.2. The van der Waals surface area contributed by atoms with Crippen LogP contribution in [0, 0.1) is 17.0 Å². The molecule has 6 nitrogen and oxygen atoms in total. The lowest BCUT2D eigenvalue weighted by Gasteiger charge is -2.10. The van der Waals surface area contributed by atoms with Gasteiger partial charge in [0.15, 0.2) is 5.82 Å². The SMILES string of the molecule is CCCNc1nc(-c2ccc([N+](=O)[O-])cc2)nc(C)c1Br. The second kappa shape index (κ2) is 6.62. The zero-order chi connectivity index (χ0) is 15.4. The Morgan fingerprint density at radius 2 is 1.95 bits per heavy atom. The second-order valence-corrected chi connectivity index (χ2v) is 5.32. The Kier molecular flexibility index (Phi) is 4.85. The summed E-state index contributed by atoms with van der Waals surface area (Å²) in [5.41, 5.74) is 1.62. The Balaban J connectivity index is 2.39. The maximum atomic E-state index is 10.7. The van der Waals surface area contributed by atoms with Crippen LogP contribution in [0.1, 0.15) is 19.0 Å².